The number of anilines is 1. The lowest BCUT2D eigenvalue weighted by Crippen LogP contribution is -2.22. The van der Waals surface area contributed by atoms with Crippen LogP contribution in [-0.2, 0) is 10.0 Å². The zero-order valence-electron chi connectivity index (χ0n) is 11.0. The van der Waals surface area contributed by atoms with Gasteiger partial charge in [0.1, 0.15) is 4.90 Å². The molecule has 0 saturated carbocycles. The number of sulfonamides is 1. The van der Waals surface area contributed by atoms with Gasteiger partial charge in [0.05, 0.1) is 11.7 Å². The van der Waals surface area contributed by atoms with E-state index in [0.717, 1.165) is 0 Å². The van der Waals surface area contributed by atoms with E-state index in [1.54, 1.807) is 25.1 Å². The van der Waals surface area contributed by atoms with Crippen LogP contribution in [0.5, 0.6) is 0 Å². The molecule has 0 spiro atoms. The molecule has 2 aromatic rings. The number of rotatable bonds is 4. The molecule has 2 rings (SSSR count). The average Bonchev–Trinajstić information content (AvgIpc) is 2.41. The van der Waals surface area contributed by atoms with Gasteiger partial charge >= 0.3 is 0 Å². The molecule has 0 amide bonds. The fourth-order valence-electron chi connectivity index (χ4n) is 1.72. The summed E-state index contributed by atoms with van der Waals surface area (Å²) < 4.78 is 27.5. The van der Waals surface area contributed by atoms with Crippen LogP contribution in [0, 0.1) is 6.92 Å². The molecule has 0 aliphatic heterocycles. The zero-order valence-corrected chi connectivity index (χ0v) is 13.4. The Morgan fingerprint density at radius 1 is 1.19 bits per heavy atom. The third-order valence-electron chi connectivity index (χ3n) is 2.84. The summed E-state index contributed by atoms with van der Waals surface area (Å²) in [7, 11) is -3.82. The van der Waals surface area contributed by atoms with Crippen LogP contribution in [0.2, 0.25) is 0 Å². The van der Waals surface area contributed by atoms with Gasteiger partial charge in [-0.2, -0.15) is 0 Å². The summed E-state index contributed by atoms with van der Waals surface area (Å²) in [6.07, 6.45) is 0. The Morgan fingerprint density at radius 3 is 2.48 bits per heavy atom. The number of carbonyl (C=O) groups excluding carboxylic acids is 1. The molecule has 0 saturated heterocycles. The van der Waals surface area contributed by atoms with Gasteiger partial charge in [0.2, 0.25) is 0 Å². The number of carbonyl (C=O) groups is 1. The fraction of sp³-hybridized carbons (Fsp3) is 0.0714. The van der Waals surface area contributed by atoms with Gasteiger partial charge in [-0.25, -0.2) is 8.42 Å². The number of hydrogen-bond acceptors (Lipinski definition) is 4. The smallest absolute Gasteiger partial charge is 0.263 e. The standard InChI is InChI=1S/C14H12BrNO4S/c1-9-6-7-10(14(17)18)8-12(9)16-21(19,20)13-5-3-2-4-11(13)15/h2-8,16H,1H3,(H,17,18)/p-1. The molecule has 0 heterocycles. The quantitative estimate of drug-likeness (QED) is 0.892. The van der Waals surface area contributed by atoms with Gasteiger partial charge in [-0.15, -0.1) is 0 Å². The molecule has 1 N–H and O–H groups in total. The number of nitrogens with one attached hydrogen (secondary N) is 1. The maximum Gasteiger partial charge on any atom is 0.263 e. The van der Waals surface area contributed by atoms with E-state index in [-0.39, 0.29) is 16.1 Å². The van der Waals surface area contributed by atoms with E-state index >= 15 is 0 Å². The number of carboxylic acids is 1. The monoisotopic (exact) mass is 368 g/mol. The molecule has 5 nitrogen and oxygen atoms in total. The zero-order chi connectivity index (χ0) is 15.6. The molecule has 0 aromatic heterocycles. The molecule has 0 fully saturated rings. The van der Waals surface area contributed by atoms with E-state index < -0.39 is 16.0 Å². The van der Waals surface area contributed by atoms with Crippen molar-refractivity contribution in [2.45, 2.75) is 11.8 Å². The van der Waals surface area contributed by atoms with E-state index in [9.17, 15) is 18.3 Å². The molecule has 21 heavy (non-hydrogen) atoms. The largest absolute Gasteiger partial charge is 0.545 e. The van der Waals surface area contributed by atoms with Gasteiger partial charge < -0.3 is 9.90 Å². The Hall–Kier alpha value is -1.86. The topological polar surface area (TPSA) is 86.3 Å². The first-order chi connectivity index (χ1) is 9.81. The lowest BCUT2D eigenvalue weighted by molar-refractivity contribution is -0.255. The van der Waals surface area contributed by atoms with E-state index in [4.69, 9.17) is 0 Å². The second-order valence-corrected chi connectivity index (χ2v) is 6.86. The Labute approximate surface area is 130 Å². The van der Waals surface area contributed by atoms with Crippen molar-refractivity contribution in [2.24, 2.45) is 0 Å². The van der Waals surface area contributed by atoms with Crippen molar-refractivity contribution in [3.63, 3.8) is 0 Å². The van der Waals surface area contributed by atoms with Gasteiger partial charge in [0.15, 0.2) is 0 Å². The van der Waals surface area contributed by atoms with Crippen LogP contribution in [-0.4, -0.2) is 14.4 Å². The first-order valence-corrected chi connectivity index (χ1v) is 8.18. The number of halogens is 1. The SMILES string of the molecule is Cc1ccc(C(=O)[O-])cc1NS(=O)(=O)c1ccccc1Br. The van der Waals surface area contributed by atoms with Crippen molar-refractivity contribution in [3.8, 4) is 0 Å². The molecule has 0 unspecified atom stereocenters. The molecule has 0 radical (unpaired) electrons. The maximum atomic E-state index is 12.4. The van der Waals surface area contributed by atoms with Crippen molar-refractivity contribution >= 4 is 37.6 Å². The number of aryl methyl sites for hydroxylation is 1. The molecular weight excluding hydrogens is 358 g/mol. The first kappa shape index (κ1) is 15.5. The fourth-order valence-corrected chi connectivity index (χ4v) is 3.85. The summed E-state index contributed by atoms with van der Waals surface area (Å²) in [5.74, 6) is -1.36. The summed E-state index contributed by atoms with van der Waals surface area (Å²) in [5.41, 5.74) is 0.716. The van der Waals surface area contributed by atoms with Crippen molar-refractivity contribution in [2.75, 3.05) is 4.72 Å². The van der Waals surface area contributed by atoms with Crippen LogP contribution in [0.15, 0.2) is 51.8 Å². The minimum Gasteiger partial charge on any atom is -0.545 e. The number of hydrogen-bond donors (Lipinski definition) is 1. The van der Waals surface area contributed by atoms with E-state index in [0.29, 0.717) is 10.0 Å². The van der Waals surface area contributed by atoms with Crippen LogP contribution in [0.25, 0.3) is 0 Å². The summed E-state index contributed by atoms with van der Waals surface area (Å²) in [6.45, 7) is 1.68. The van der Waals surface area contributed by atoms with Crippen molar-refractivity contribution in [1.29, 1.82) is 0 Å². The van der Waals surface area contributed by atoms with Crippen molar-refractivity contribution < 1.29 is 18.3 Å². The minimum absolute atomic E-state index is 0.0725. The normalized spacial score (nSPS) is 11.1. The number of aromatic carboxylic acids is 1. The Balaban J connectivity index is 2.44. The molecular formula is C14H11BrNO4S-. The molecule has 0 aliphatic rings. The Bertz CT molecular complexity index is 802. The lowest BCUT2D eigenvalue weighted by atomic mass is 10.1. The van der Waals surface area contributed by atoms with Gasteiger partial charge in [-0.3, -0.25) is 4.72 Å². The second-order valence-electron chi connectivity index (χ2n) is 4.35. The molecule has 0 bridgehead atoms. The summed E-state index contributed by atoms with van der Waals surface area (Å²) >= 11 is 3.18. The molecule has 7 heteroatoms. The highest BCUT2D eigenvalue weighted by molar-refractivity contribution is 9.10. The van der Waals surface area contributed by atoms with Crippen LogP contribution in [0.3, 0.4) is 0 Å². The van der Waals surface area contributed by atoms with Gasteiger partial charge in [0, 0.05) is 4.47 Å². The molecule has 2 aromatic carbocycles. The van der Waals surface area contributed by atoms with E-state index in [1.165, 1.54) is 24.3 Å². The highest BCUT2D eigenvalue weighted by Crippen LogP contribution is 2.25. The predicted molar refractivity (Wildman–Crippen MR) is 80.5 cm³/mol. The van der Waals surface area contributed by atoms with Crippen LogP contribution in [0.4, 0.5) is 5.69 Å². The Morgan fingerprint density at radius 2 is 1.86 bits per heavy atom. The highest BCUT2D eigenvalue weighted by atomic mass is 79.9. The lowest BCUT2D eigenvalue weighted by Gasteiger charge is -2.13. The average molecular weight is 369 g/mol. The summed E-state index contributed by atoms with van der Waals surface area (Å²) in [5, 5.41) is 10.9. The third kappa shape index (κ3) is 3.43. The van der Waals surface area contributed by atoms with Crippen molar-refractivity contribution in [3.05, 3.63) is 58.1 Å². The summed E-state index contributed by atoms with van der Waals surface area (Å²) in [6, 6.07) is 10.5. The van der Waals surface area contributed by atoms with Crippen LogP contribution in [0.1, 0.15) is 15.9 Å². The number of carboxylic acid groups (broad SMARTS) is 1. The predicted octanol–water partition coefficient (Wildman–Crippen LogP) is 1.92. The van der Waals surface area contributed by atoms with Gasteiger partial charge in [-0.05, 0) is 52.2 Å². The van der Waals surface area contributed by atoms with Gasteiger partial charge in [0.25, 0.3) is 10.0 Å². The highest BCUT2D eigenvalue weighted by Gasteiger charge is 2.18. The van der Waals surface area contributed by atoms with E-state index in [1.807, 2.05) is 0 Å². The number of benzene rings is 2. The van der Waals surface area contributed by atoms with Crippen LogP contribution >= 0.6 is 15.9 Å². The summed E-state index contributed by atoms with van der Waals surface area (Å²) in [4.78, 5) is 10.9. The third-order valence-corrected chi connectivity index (χ3v) is 5.22. The first-order valence-electron chi connectivity index (χ1n) is 5.90. The van der Waals surface area contributed by atoms with Crippen LogP contribution < -0.4 is 9.83 Å². The molecule has 0 atom stereocenters. The maximum absolute atomic E-state index is 12.4. The van der Waals surface area contributed by atoms with Gasteiger partial charge in [-0.1, -0.05) is 24.3 Å². The minimum atomic E-state index is -3.82. The molecule has 110 valence electrons. The Kier molecular flexibility index (Phi) is 4.34. The van der Waals surface area contributed by atoms with Crippen molar-refractivity contribution in [1.82, 2.24) is 0 Å². The molecule has 0 aliphatic carbocycles. The van der Waals surface area contributed by atoms with E-state index in [2.05, 4.69) is 20.7 Å². The second kappa shape index (κ2) is 5.87.